The molecule has 0 saturated carbocycles. The van der Waals surface area contributed by atoms with Crippen LogP contribution in [0.4, 0.5) is 0 Å². The minimum absolute atomic E-state index is 0.343. The quantitative estimate of drug-likeness (QED) is 0.682. The second-order valence-electron chi connectivity index (χ2n) is 4.23. The van der Waals surface area contributed by atoms with Gasteiger partial charge < -0.3 is 4.74 Å². The number of hydrogen-bond donors (Lipinski definition) is 1. The SMILES string of the molecule is C[C@H](Oc1ccc(Cl)cc1)C(=O)NN=Cc1cccnc1. The molecule has 0 unspecified atom stereocenters. The Kier molecular flexibility index (Phi) is 5.29. The van der Waals surface area contributed by atoms with Crippen LogP contribution in [0.1, 0.15) is 12.5 Å². The molecule has 0 bridgehead atoms. The third-order valence-electron chi connectivity index (χ3n) is 2.57. The predicted octanol–water partition coefficient (Wildman–Crippen LogP) is 2.65. The van der Waals surface area contributed by atoms with E-state index in [1.165, 1.54) is 6.21 Å². The average molecular weight is 304 g/mol. The zero-order valence-electron chi connectivity index (χ0n) is 11.4. The van der Waals surface area contributed by atoms with Gasteiger partial charge in [-0.25, -0.2) is 5.43 Å². The van der Waals surface area contributed by atoms with Crippen LogP contribution in [-0.2, 0) is 4.79 Å². The number of pyridine rings is 1. The van der Waals surface area contributed by atoms with E-state index in [0.717, 1.165) is 5.56 Å². The third kappa shape index (κ3) is 4.89. The summed E-state index contributed by atoms with van der Waals surface area (Å²) >= 11 is 5.78. The molecule has 1 aromatic heterocycles. The molecule has 0 saturated heterocycles. The first-order valence-corrected chi connectivity index (χ1v) is 6.68. The van der Waals surface area contributed by atoms with Crippen LogP contribution < -0.4 is 10.2 Å². The van der Waals surface area contributed by atoms with Crippen LogP contribution in [0, 0.1) is 0 Å². The van der Waals surface area contributed by atoms with Gasteiger partial charge in [0.25, 0.3) is 5.91 Å². The summed E-state index contributed by atoms with van der Waals surface area (Å²) in [4.78, 5) is 15.8. The fourth-order valence-corrected chi connectivity index (χ4v) is 1.61. The monoisotopic (exact) mass is 303 g/mol. The van der Waals surface area contributed by atoms with Crippen molar-refractivity contribution < 1.29 is 9.53 Å². The molecule has 0 aliphatic rings. The fraction of sp³-hybridized carbons (Fsp3) is 0.133. The molecule has 5 nitrogen and oxygen atoms in total. The molecular formula is C15H14ClN3O2. The van der Waals surface area contributed by atoms with E-state index in [1.807, 2.05) is 6.07 Å². The first-order chi connectivity index (χ1) is 10.1. The van der Waals surface area contributed by atoms with Crippen LogP contribution in [0.5, 0.6) is 5.75 Å². The predicted molar refractivity (Wildman–Crippen MR) is 81.5 cm³/mol. The van der Waals surface area contributed by atoms with E-state index in [4.69, 9.17) is 16.3 Å². The van der Waals surface area contributed by atoms with E-state index in [1.54, 1.807) is 49.6 Å². The molecule has 6 heteroatoms. The van der Waals surface area contributed by atoms with Crippen molar-refractivity contribution in [3.63, 3.8) is 0 Å². The summed E-state index contributed by atoms with van der Waals surface area (Å²) in [6, 6.07) is 10.4. The van der Waals surface area contributed by atoms with Crippen molar-refractivity contribution in [2.75, 3.05) is 0 Å². The highest BCUT2D eigenvalue weighted by Gasteiger charge is 2.13. The number of aromatic nitrogens is 1. The van der Waals surface area contributed by atoms with Gasteiger partial charge in [0, 0.05) is 23.0 Å². The number of halogens is 1. The number of nitrogens with one attached hydrogen (secondary N) is 1. The van der Waals surface area contributed by atoms with Crippen LogP contribution in [0.2, 0.25) is 5.02 Å². The molecule has 21 heavy (non-hydrogen) atoms. The topological polar surface area (TPSA) is 63.6 Å². The number of carbonyl (C=O) groups excluding carboxylic acids is 1. The van der Waals surface area contributed by atoms with E-state index in [9.17, 15) is 4.79 Å². The first kappa shape index (κ1) is 15.0. The van der Waals surface area contributed by atoms with E-state index >= 15 is 0 Å². The lowest BCUT2D eigenvalue weighted by atomic mass is 10.3. The van der Waals surface area contributed by atoms with Crippen LogP contribution >= 0.6 is 11.6 Å². The van der Waals surface area contributed by atoms with Gasteiger partial charge in [-0.2, -0.15) is 5.10 Å². The Hall–Kier alpha value is -2.40. The number of rotatable bonds is 5. The molecule has 1 amide bonds. The highest BCUT2D eigenvalue weighted by Crippen LogP contribution is 2.16. The molecule has 0 fully saturated rings. The minimum Gasteiger partial charge on any atom is -0.481 e. The molecule has 108 valence electrons. The van der Waals surface area contributed by atoms with E-state index in [2.05, 4.69) is 15.5 Å². The molecular weight excluding hydrogens is 290 g/mol. The normalized spacial score (nSPS) is 12.1. The summed E-state index contributed by atoms with van der Waals surface area (Å²) in [6.45, 7) is 1.64. The number of ether oxygens (including phenoxy) is 1. The molecule has 1 heterocycles. The molecule has 1 N–H and O–H groups in total. The lowest BCUT2D eigenvalue weighted by Gasteiger charge is -2.12. The van der Waals surface area contributed by atoms with E-state index < -0.39 is 6.10 Å². The second-order valence-corrected chi connectivity index (χ2v) is 4.67. The summed E-state index contributed by atoms with van der Waals surface area (Å²) in [6.07, 6.45) is 4.15. The van der Waals surface area contributed by atoms with Gasteiger partial charge in [-0.05, 0) is 37.3 Å². The number of nitrogens with zero attached hydrogens (tertiary/aromatic N) is 2. The Bertz CT molecular complexity index is 615. The van der Waals surface area contributed by atoms with Crippen molar-refractivity contribution in [2.24, 2.45) is 5.10 Å². The largest absolute Gasteiger partial charge is 0.481 e. The van der Waals surface area contributed by atoms with Gasteiger partial charge in [0.15, 0.2) is 6.10 Å². The zero-order valence-corrected chi connectivity index (χ0v) is 12.1. The summed E-state index contributed by atoms with van der Waals surface area (Å²) in [5.41, 5.74) is 3.21. The van der Waals surface area contributed by atoms with Crippen molar-refractivity contribution in [1.29, 1.82) is 0 Å². The highest BCUT2D eigenvalue weighted by atomic mass is 35.5. The van der Waals surface area contributed by atoms with Gasteiger partial charge in [-0.3, -0.25) is 9.78 Å². The van der Waals surface area contributed by atoms with Crippen LogP contribution in [0.3, 0.4) is 0 Å². The zero-order chi connectivity index (χ0) is 15.1. The molecule has 2 rings (SSSR count). The minimum atomic E-state index is -0.669. The van der Waals surface area contributed by atoms with Gasteiger partial charge in [-0.15, -0.1) is 0 Å². The molecule has 0 spiro atoms. The van der Waals surface area contributed by atoms with E-state index in [-0.39, 0.29) is 5.91 Å². The third-order valence-corrected chi connectivity index (χ3v) is 2.82. The Morgan fingerprint density at radius 2 is 2.14 bits per heavy atom. The summed E-state index contributed by atoms with van der Waals surface area (Å²) < 4.78 is 5.48. The number of carbonyl (C=O) groups is 1. The number of amides is 1. The molecule has 0 radical (unpaired) electrons. The Morgan fingerprint density at radius 1 is 1.38 bits per heavy atom. The lowest BCUT2D eigenvalue weighted by molar-refractivity contribution is -0.127. The lowest BCUT2D eigenvalue weighted by Crippen LogP contribution is -2.33. The standard InChI is InChI=1S/C15H14ClN3O2/c1-11(21-14-6-4-13(16)5-7-14)15(20)19-18-10-12-3-2-8-17-9-12/h2-11H,1H3,(H,19,20)/t11-/m0/s1. The van der Waals surface area contributed by atoms with Crippen molar-refractivity contribution in [3.8, 4) is 5.75 Å². The molecule has 1 atom stereocenters. The Balaban J connectivity index is 1.85. The summed E-state index contributed by atoms with van der Waals surface area (Å²) in [5.74, 6) is 0.225. The van der Waals surface area contributed by atoms with Gasteiger partial charge >= 0.3 is 0 Å². The number of hydrazone groups is 1. The van der Waals surface area contributed by atoms with E-state index in [0.29, 0.717) is 10.8 Å². The Labute approximate surface area is 127 Å². The van der Waals surface area contributed by atoms with Crippen LogP contribution in [0.25, 0.3) is 0 Å². The second kappa shape index (κ2) is 7.40. The van der Waals surface area contributed by atoms with Crippen molar-refractivity contribution >= 4 is 23.7 Å². The van der Waals surface area contributed by atoms with Crippen LogP contribution in [0.15, 0.2) is 53.9 Å². The van der Waals surface area contributed by atoms with Gasteiger partial charge in [0.05, 0.1) is 6.21 Å². The maximum absolute atomic E-state index is 11.8. The summed E-state index contributed by atoms with van der Waals surface area (Å²) in [5, 5.41) is 4.46. The van der Waals surface area contributed by atoms with Crippen molar-refractivity contribution in [1.82, 2.24) is 10.4 Å². The number of hydrogen-bond acceptors (Lipinski definition) is 4. The average Bonchev–Trinajstić information content (AvgIpc) is 2.50. The van der Waals surface area contributed by atoms with Gasteiger partial charge in [0.1, 0.15) is 5.75 Å². The first-order valence-electron chi connectivity index (χ1n) is 6.30. The van der Waals surface area contributed by atoms with Gasteiger partial charge in [-0.1, -0.05) is 17.7 Å². The van der Waals surface area contributed by atoms with Crippen LogP contribution in [-0.4, -0.2) is 23.2 Å². The fourth-order valence-electron chi connectivity index (χ4n) is 1.48. The Morgan fingerprint density at radius 3 is 2.81 bits per heavy atom. The molecule has 0 aliphatic carbocycles. The smallest absolute Gasteiger partial charge is 0.280 e. The molecule has 0 aliphatic heterocycles. The van der Waals surface area contributed by atoms with Crippen molar-refractivity contribution in [3.05, 3.63) is 59.4 Å². The van der Waals surface area contributed by atoms with Crippen molar-refractivity contribution in [2.45, 2.75) is 13.0 Å². The summed E-state index contributed by atoms with van der Waals surface area (Å²) in [7, 11) is 0. The number of benzene rings is 1. The highest BCUT2D eigenvalue weighted by molar-refractivity contribution is 6.30. The molecule has 2 aromatic rings. The molecule has 1 aromatic carbocycles. The van der Waals surface area contributed by atoms with Gasteiger partial charge in [0.2, 0.25) is 0 Å². The maximum atomic E-state index is 11.8. The maximum Gasteiger partial charge on any atom is 0.280 e.